The second kappa shape index (κ2) is 3.32. The van der Waals surface area contributed by atoms with E-state index in [0.717, 1.165) is 12.1 Å². The Hall–Kier alpha value is -1.12. The van der Waals surface area contributed by atoms with Crippen LogP contribution in [0.15, 0.2) is 12.5 Å². The summed E-state index contributed by atoms with van der Waals surface area (Å²) in [5.41, 5.74) is 0.738. The van der Waals surface area contributed by atoms with E-state index in [1.807, 2.05) is 6.92 Å². The topological polar surface area (TPSA) is 46.0 Å². The van der Waals surface area contributed by atoms with Gasteiger partial charge in [-0.25, -0.2) is 9.97 Å². The maximum absolute atomic E-state index is 9.29. The van der Waals surface area contributed by atoms with Crippen LogP contribution in [0, 0.1) is 0 Å². The van der Waals surface area contributed by atoms with E-state index in [0.29, 0.717) is 5.92 Å². The quantitative estimate of drug-likeness (QED) is 0.701. The third-order valence-corrected chi connectivity index (χ3v) is 1.80. The van der Waals surface area contributed by atoms with Crippen molar-refractivity contribution in [3.8, 4) is 5.75 Å². The molecule has 0 fully saturated rings. The summed E-state index contributed by atoms with van der Waals surface area (Å²) in [6.07, 6.45) is 3.86. The number of aromatic hydroxyl groups is 1. The second-order valence-corrected chi connectivity index (χ2v) is 2.60. The minimum absolute atomic E-state index is 0.196. The Morgan fingerprint density at radius 3 is 2.91 bits per heavy atom. The van der Waals surface area contributed by atoms with E-state index < -0.39 is 0 Å². The molecule has 0 radical (unpaired) electrons. The Morgan fingerprint density at radius 1 is 1.64 bits per heavy atom. The Morgan fingerprint density at radius 2 is 2.36 bits per heavy atom. The summed E-state index contributed by atoms with van der Waals surface area (Å²) in [6.45, 7) is 4.09. The fraction of sp³-hybridized carbons (Fsp3) is 0.500. The molecule has 11 heavy (non-hydrogen) atoms. The van der Waals surface area contributed by atoms with Gasteiger partial charge in [0, 0.05) is 5.92 Å². The van der Waals surface area contributed by atoms with Crippen LogP contribution in [0.4, 0.5) is 0 Å². The summed E-state index contributed by atoms with van der Waals surface area (Å²) in [5, 5.41) is 9.29. The second-order valence-electron chi connectivity index (χ2n) is 2.60. The molecule has 3 heteroatoms. The highest BCUT2D eigenvalue weighted by Gasteiger charge is 2.08. The van der Waals surface area contributed by atoms with Crippen molar-refractivity contribution in [2.24, 2.45) is 0 Å². The van der Waals surface area contributed by atoms with Gasteiger partial charge in [0.05, 0.1) is 11.9 Å². The van der Waals surface area contributed by atoms with Gasteiger partial charge in [0.25, 0.3) is 0 Å². The lowest BCUT2D eigenvalue weighted by Crippen LogP contribution is -1.95. The Kier molecular flexibility index (Phi) is 2.41. The molecule has 1 rings (SSSR count). The summed E-state index contributed by atoms with van der Waals surface area (Å²) >= 11 is 0. The van der Waals surface area contributed by atoms with Gasteiger partial charge >= 0.3 is 0 Å². The van der Waals surface area contributed by atoms with Gasteiger partial charge in [0.15, 0.2) is 5.75 Å². The average Bonchev–Trinajstić information content (AvgIpc) is 2.04. The molecule has 1 aromatic heterocycles. The van der Waals surface area contributed by atoms with E-state index in [9.17, 15) is 5.11 Å². The van der Waals surface area contributed by atoms with Crippen LogP contribution in [0.2, 0.25) is 0 Å². The summed E-state index contributed by atoms with van der Waals surface area (Å²) in [7, 11) is 0. The number of rotatable bonds is 2. The van der Waals surface area contributed by atoms with Gasteiger partial charge in [0.2, 0.25) is 0 Å². The molecule has 60 valence electrons. The van der Waals surface area contributed by atoms with Crippen molar-refractivity contribution >= 4 is 0 Å². The van der Waals surface area contributed by atoms with Crippen molar-refractivity contribution in [1.29, 1.82) is 0 Å². The molecule has 0 bridgehead atoms. The monoisotopic (exact) mass is 152 g/mol. The van der Waals surface area contributed by atoms with Crippen molar-refractivity contribution in [1.82, 2.24) is 9.97 Å². The number of nitrogens with zero attached hydrogens (tertiary/aromatic N) is 2. The molecule has 0 aromatic carbocycles. The van der Waals surface area contributed by atoms with Gasteiger partial charge in [-0.3, -0.25) is 0 Å². The molecule has 0 amide bonds. The van der Waals surface area contributed by atoms with E-state index in [2.05, 4.69) is 16.9 Å². The highest BCUT2D eigenvalue weighted by atomic mass is 16.3. The van der Waals surface area contributed by atoms with Gasteiger partial charge in [-0.05, 0) is 6.42 Å². The Bertz CT molecular complexity index is 237. The van der Waals surface area contributed by atoms with E-state index in [4.69, 9.17) is 0 Å². The molecule has 0 saturated carbocycles. The van der Waals surface area contributed by atoms with Crippen LogP contribution in [0.5, 0.6) is 5.75 Å². The smallest absolute Gasteiger partial charge is 0.155 e. The fourth-order valence-corrected chi connectivity index (χ4v) is 0.905. The van der Waals surface area contributed by atoms with E-state index in [1.54, 1.807) is 0 Å². The minimum Gasteiger partial charge on any atom is -0.504 e. The lowest BCUT2D eigenvalue weighted by atomic mass is 10.0. The molecular formula is C8H12N2O. The zero-order valence-electron chi connectivity index (χ0n) is 6.78. The molecule has 0 aliphatic carbocycles. The Balaban J connectivity index is 2.93. The summed E-state index contributed by atoms with van der Waals surface area (Å²) in [4.78, 5) is 7.69. The molecule has 3 nitrogen and oxygen atoms in total. The predicted octanol–water partition coefficient (Wildman–Crippen LogP) is 1.70. The van der Waals surface area contributed by atoms with Crippen molar-refractivity contribution in [2.45, 2.75) is 26.2 Å². The highest BCUT2D eigenvalue weighted by Crippen LogP contribution is 2.23. The lowest BCUT2D eigenvalue weighted by Gasteiger charge is -2.07. The van der Waals surface area contributed by atoms with Crippen LogP contribution < -0.4 is 0 Å². The van der Waals surface area contributed by atoms with Crippen LogP contribution >= 0.6 is 0 Å². The Labute approximate surface area is 66.1 Å². The number of hydrogen-bond acceptors (Lipinski definition) is 3. The molecule has 1 unspecified atom stereocenters. The fourth-order valence-electron chi connectivity index (χ4n) is 0.905. The van der Waals surface area contributed by atoms with Crippen LogP contribution in [0.25, 0.3) is 0 Å². The maximum atomic E-state index is 9.29. The predicted molar refractivity (Wildman–Crippen MR) is 42.4 cm³/mol. The summed E-state index contributed by atoms with van der Waals surface area (Å²) in [6, 6.07) is 0. The SMILES string of the molecule is CCC(C)c1ncncc1O. The first-order valence-electron chi connectivity index (χ1n) is 3.74. The van der Waals surface area contributed by atoms with Gasteiger partial charge < -0.3 is 5.11 Å². The van der Waals surface area contributed by atoms with Crippen molar-refractivity contribution in [2.75, 3.05) is 0 Å². The standard InChI is InChI=1S/C8H12N2O/c1-3-6(2)8-7(11)4-9-5-10-8/h4-6,11H,3H2,1-2H3. The third-order valence-electron chi connectivity index (χ3n) is 1.80. The first-order valence-corrected chi connectivity index (χ1v) is 3.74. The van der Waals surface area contributed by atoms with Crippen LogP contribution in [-0.4, -0.2) is 15.1 Å². The molecule has 0 spiro atoms. The highest BCUT2D eigenvalue weighted by molar-refractivity contribution is 5.24. The lowest BCUT2D eigenvalue weighted by molar-refractivity contribution is 0.453. The van der Waals surface area contributed by atoms with Gasteiger partial charge in [-0.15, -0.1) is 0 Å². The van der Waals surface area contributed by atoms with E-state index in [1.165, 1.54) is 12.5 Å². The zero-order valence-corrected chi connectivity index (χ0v) is 6.78. The molecule has 0 aliphatic heterocycles. The molecule has 0 saturated heterocycles. The third kappa shape index (κ3) is 1.67. The van der Waals surface area contributed by atoms with Crippen molar-refractivity contribution in [3.63, 3.8) is 0 Å². The summed E-state index contributed by atoms with van der Waals surface area (Å²) in [5.74, 6) is 0.500. The molecule has 0 aliphatic rings. The first kappa shape index (κ1) is 7.98. The number of hydrogen-bond donors (Lipinski definition) is 1. The molecule has 1 heterocycles. The van der Waals surface area contributed by atoms with Crippen LogP contribution in [0.1, 0.15) is 31.9 Å². The van der Waals surface area contributed by atoms with Crippen LogP contribution in [0.3, 0.4) is 0 Å². The van der Waals surface area contributed by atoms with Crippen molar-refractivity contribution in [3.05, 3.63) is 18.2 Å². The van der Waals surface area contributed by atoms with Crippen LogP contribution in [-0.2, 0) is 0 Å². The summed E-state index contributed by atoms with van der Waals surface area (Å²) < 4.78 is 0. The maximum Gasteiger partial charge on any atom is 0.155 e. The molecule has 1 atom stereocenters. The normalized spacial score (nSPS) is 12.9. The van der Waals surface area contributed by atoms with Gasteiger partial charge in [-0.1, -0.05) is 13.8 Å². The largest absolute Gasteiger partial charge is 0.504 e. The van der Waals surface area contributed by atoms with Crippen molar-refractivity contribution < 1.29 is 5.11 Å². The van der Waals surface area contributed by atoms with Gasteiger partial charge in [0.1, 0.15) is 6.33 Å². The molecule has 1 aromatic rings. The molecule has 1 N–H and O–H groups in total. The molecular weight excluding hydrogens is 140 g/mol. The minimum atomic E-state index is 0.196. The van der Waals surface area contributed by atoms with Gasteiger partial charge in [-0.2, -0.15) is 0 Å². The number of aromatic nitrogens is 2. The van der Waals surface area contributed by atoms with E-state index in [-0.39, 0.29) is 5.75 Å². The van der Waals surface area contributed by atoms with E-state index >= 15 is 0 Å². The zero-order chi connectivity index (χ0) is 8.27. The first-order chi connectivity index (χ1) is 5.25. The average molecular weight is 152 g/mol.